The minimum atomic E-state index is 0. The van der Waals surface area contributed by atoms with Crippen LogP contribution in [0, 0.1) is 0 Å². The third kappa shape index (κ3) is 176. The van der Waals surface area contributed by atoms with E-state index < -0.39 is 0 Å². The molecule has 306 valence electrons. The van der Waals surface area contributed by atoms with E-state index in [1.165, 1.54) is 199 Å². The molecule has 0 unspecified atom stereocenters. The Bertz CT molecular complexity index is 214. The van der Waals surface area contributed by atoms with Crippen LogP contribution in [-0.4, -0.2) is 0 Å². The van der Waals surface area contributed by atoms with Crippen molar-refractivity contribution in [2.75, 3.05) is 0 Å². The van der Waals surface area contributed by atoms with Crippen LogP contribution in [0.3, 0.4) is 0 Å². The fraction of sp³-hybridized carbons (Fsp3) is 1.00. The maximum absolute atomic E-state index is 2.25. The van der Waals surface area contributed by atoms with Gasteiger partial charge in [-0.15, -0.1) is 0 Å². The lowest BCUT2D eigenvalue weighted by molar-refractivity contribution is 0.656. The van der Waals surface area contributed by atoms with E-state index in [1.54, 1.807) is 0 Å². The van der Waals surface area contributed by atoms with E-state index in [4.69, 9.17) is 0 Å². The molecular weight excluding hydrogens is 577 g/mol. The van der Waals surface area contributed by atoms with Crippen molar-refractivity contribution in [1.82, 2.24) is 0 Å². The summed E-state index contributed by atoms with van der Waals surface area (Å²) in [7, 11) is 0. The van der Waals surface area contributed by atoms with Crippen LogP contribution >= 0.6 is 0 Å². The van der Waals surface area contributed by atoms with Gasteiger partial charge in [0.25, 0.3) is 0 Å². The first-order valence-electron chi connectivity index (χ1n) is 22.8. The lowest BCUT2D eigenvalue weighted by Crippen LogP contribution is -1.70. The topological polar surface area (TPSA) is 0 Å². The van der Waals surface area contributed by atoms with Crippen LogP contribution in [0.1, 0.15) is 317 Å². The molecule has 0 spiro atoms. The molecule has 0 aliphatic rings. The van der Waals surface area contributed by atoms with Gasteiger partial charge < -0.3 is 0 Å². The number of unbranched alkanes of at least 4 members (excludes halogenated alkanes) is 23. The molecule has 48 heavy (non-hydrogen) atoms. The Morgan fingerprint density at radius 2 is 0.208 bits per heavy atom. The van der Waals surface area contributed by atoms with Gasteiger partial charge >= 0.3 is 0 Å². The molecule has 0 heterocycles. The number of hydrogen-bond acceptors (Lipinski definition) is 0. The molecule has 0 atom stereocenters. The van der Waals surface area contributed by atoms with Crippen molar-refractivity contribution in [2.24, 2.45) is 0 Å². The summed E-state index contributed by atoms with van der Waals surface area (Å²) < 4.78 is 0. The van der Waals surface area contributed by atoms with Crippen LogP contribution in [0.4, 0.5) is 0 Å². The van der Waals surface area contributed by atoms with E-state index in [0.29, 0.717) is 0 Å². The Labute approximate surface area is 316 Å². The molecule has 0 aromatic heterocycles. The van der Waals surface area contributed by atoms with Crippen LogP contribution < -0.4 is 0 Å². The number of hydrogen-bond donors (Lipinski definition) is 0. The molecule has 0 aromatic carbocycles. The zero-order chi connectivity index (χ0) is 37.9. The van der Waals surface area contributed by atoms with Gasteiger partial charge in [0.05, 0.1) is 0 Å². The van der Waals surface area contributed by atoms with Crippen molar-refractivity contribution < 1.29 is 0 Å². The summed E-state index contributed by atoms with van der Waals surface area (Å²) in [5.41, 5.74) is 0. The van der Waals surface area contributed by atoms with Crippen molar-refractivity contribution in [3.05, 3.63) is 0 Å². The first-order valence-corrected chi connectivity index (χ1v) is 22.8. The maximum Gasteiger partial charge on any atom is -0.0533 e. The minimum absolute atomic E-state index is 0. The van der Waals surface area contributed by atoms with Crippen molar-refractivity contribution in [3.63, 3.8) is 0 Å². The molecule has 0 radical (unpaired) electrons. The smallest absolute Gasteiger partial charge is 0.0533 e. The zero-order valence-corrected chi connectivity index (χ0v) is 37.9. The lowest BCUT2D eigenvalue weighted by atomic mass is 10.2. The van der Waals surface area contributed by atoms with Crippen molar-refractivity contribution in [2.45, 2.75) is 317 Å². The fourth-order valence-corrected chi connectivity index (χ4v) is 3.38. The predicted octanol–water partition coefficient (Wildman–Crippen LogP) is 20.9. The lowest BCUT2D eigenvalue weighted by Gasteiger charge is -1.90. The Morgan fingerprint density at radius 3 is 0.250 bits per heavy atom. The quantitative estimate of drug-likeness (QED) is 0.0936. The molecule has 0 rings (SSSR count). The first-order chi connectivity index (χ1) is 22.8. The fourth-order valence-electron chi connectivity index (χ4n) is 3.38. The highest BCUT2D eigenvalue weighted by molar-refractivity contribution is 4.38. The molecule has 0 aliphatic heterocycles. The third-order valence-corrected chi connectivity index (χ3v) is 7.54. The SMILES string of the molecule is C.CCCC.CCCC.CCCC.CCCCCCC.CCCCCCC.CCCCCCC.CCCCCCC.CCCCCCC. The summed E-state index contributed by atoms with van der Waals surface area (Å²) in [6, 6.07) is 0. The molecule has 0 aliphatic carbocycles. The molecule has 0 fully saturated rings. The summed E-state index contributed by atoms with van der Waals surface area (Å²) in [5, 5.41) is 0. The second-order valence-electron chi connectivity index (χ2n) is 13.3. The highest BCUT2D eigenvalue weighted by Crippen LogP contribution is 2.02. The molecule has 0 saturated carbocycles. The van der Waals surface area contributed by atoms with Crippen molar-refractivity contribution in [1.29, 1.82) is 0 Å². The summed E-state index contributed by atoms with van der Waals surface area (Å²) in [6.45, 7) is 35.5. The van der Waals surface area contributed by atoms with Crippen LogP contribution in [0.25, 0.3) is 0 Å². The molecule has 0 nitrogen and oxygen atoms in total. The molecule has 0 bridgehead atoms. The molecular formula is C48H114. The molecule has 0 N–H and O–H groups in total. The highest BCUT2D eigenvalue weighted by atomic mass is 13.9. The maximum atomic E-state index is 2.25. The van der Waals surface area contributed by atoms with Crippen LogP contribution in [0.15, 0.2) is 0 Å². The van der Waals surface area contributed by atoms with Gasteiger partial charge in [-0.2, -0.15) is 0 Å². The van der Waals surface area contributed by atoms with Gasteiger partial charge in [-0.3, -0.25) is 0 Å². The Morgan fingerprint density at radius 1 is 0.125 bits per heavy atom. The summed E-state index contributed by atoms with van der Waals surface area (Å²) in [5.74, 6) is 0. The minimum Gasteiger partial charge on any atom is -0.0776 e. The summed E-state index contributed by atoms with van der Waals surface area (Å²) in [4.78, 5) is 0. The van der Waals surface area contributed by atoms with E-state index in [9.17, 15) is 0 Å². The largest absolute Gasteiger partial charge is 0.0776 e. The van der Waals surface area contributed by atoms with Gasteiger partial charge in [-0.25, -0.2) is 0 Å². The standard InChI is InChI=1S/5C7H16.3C4H10.CH4/c5*1-3-5-7-6-4-2;3*1-3-4-2;/h5*3-7H2,1-2H3;3*3-4H2,1-2H3;1H4. The van der Waals surface area contributed by atoms with Crippen molar-refractivity contribution in [3.8, 4) is 0 Å². The first kappa shape index (κ1) is 69.7. The monoisotopic (exact) mass is 691 g/mol. The second kappa shape index (κ2) is 103. The van der Waals surface area contributed by atoms with Crippen molar-refractivity contribution >= 4 is 0 Å². The van der Waals surface area contributed by atoms with Gasteiger partial charge in [0.2, 0.25) is 0 Å². The van der Waals surface area contributed by atoms with E-state index >= 15 is 0 Å². The van der Waals surface area contributed by atoms with Gasteiger partial charge in [0.15, 0.2) is 0 Å². The van der Waals surface area contributed by atoms with Crippen LogP contribution in [0.5, 0.6) is 0 Å². The van der Waals surface area contributed by atoms with E-state index in [1.807, 2.05) is 0 Å². The van der Waals surface area contributed by atoms with Gasteiger partial charge in [0.1, 0.15) is 0 Å². The predicted molar refractivity (Wildman–Crippen MR) is 241 cm³/mol. The highest BCUT2D eigenvalue weighted by Gasteiger charge is 1.82. The Kier molecular flexibility index (Phi) is 150. The van der Waals surface area contributed by atoms with E-state index in [-0.39, 0.29) is 7.43 Å². The molecule has 0 saturated heterocycles. The van der Waals surface area contributed by atoms with E-state index in [2.05, 4.69) is 111 Å². The number of rotatable bonds is 23. The Hall–Kier alpha value is 0. The molecule has 0 aromatic rings. The third-order valence-electron chi connectivity index (χ3n) is 7.54. The summed E-state index contributed by atoms with van der Waals surface area (Å²) >= 11 is 0. The average Bonchev–Trinajstić information content (AvgIpc) is 3.11. The van der Waals surface area contributed by atoms with Gasteiger partial charge in [-0.1, -0.05) is 317 Å². The van der Waals surface area contributed by atoms with Crippen LogP contribution in [-0.2, 0) is 0 Å². The van der Waals surface area contributed by atoms with E-state index in [0.717, 1.165) is 0 Å². The Balaban J connectivity index is -0.0000000522. The van der Waals surface area contributed by atoms with Gasteiger partial charge in [-0.05, 0) is 0 Å². The molecule has 0 amide bonds. The summed E-state index contributed by atoms with van der Waals surface area (Å²) in [6.07, 6.45) is 43.0. The normalized spacial score (nSPS) is 8.75. The second-order valence-corrected chi connectivity index (χ2v) is 13.3. The van der Waals surface area contributed by atoms with Gasteiger partial charge in [0, 0.05) is 0 Å². The zero-order valence-electron chi connectivity index (χ0n) is 37.9. The van der Waals surface area contributed by atoms with Crippen LogP contribution in [0.2, 0.25) is 0 Å². The molecule has 0 heteroatoms. The average molecular weight is 691 g/mol.